The van der Waals surface area contributed by atoms with E-state index >= 15 is 0 Å². The molecule has 0 spiro atoms. The van der Waals surface area contributed by atoms with Gasteiger partial charge in [-0.25, -0.2) is 4.79 Å². The minimum Gasteiger partial charge on any atom is -0.442 e. The highest BCUT2D eigenvalue weighted by atomic mass is 16.6. The molecule has 0 aromatic carbocycles. The largest absolute Gasteiger partial charge is 0.442 e. The van der Waals surface area contributed by atoms with Gasteiger partial charge >= 0.3 is 6.09 Å². The number of hydrogen-bond donors (Lipinski definition) is 0. The Kier molecular flexibility index (Phi) is 6.21. The molecule has 0 aliphatic carbocycles. The summed E-state index contributed by atoms with van der Waals surface area (Å²) in [6.45, 7) is 9.67. The third kappa shape index (κ3) is 8.16. The van der Waals surface area contributed by atoms with Crippen LogP contribution in [-0.2, 0) is 4.74 Å². The Labute approximate surface area is 92.9 Å². The molecule has 0 fully saturated rings. The number of nitrogens with zero attached hydrogens (tertiary/aromatic N) is 1. The third-order valence-electron chi connectivity index (χ3n) is 1.87. The normalized spacial score (nSPS) is 12.7. The highest BCUT2D eigenvalue weighted by Crippen LogP contribution is 2.09. The quantitative estimate of drug-likeness (QED) is 0.663. The van der Waals surface area contributed by atoms with Crippen LogP contribution < -0.4 is 0 Å². The van der Waals surface area contributed by atoms with Gasteiger partial charge < -0.3 is 4.74 Å². The topological polar surface area (TPSA) is 38.7 Å². The van der Waals surface area contributed by atoms with Gasteiger partial charge in [0.05, 0.1) is 0 Å². The van der Waals surface area contributed by atoms with Crippen LogP contribution in [0.3, 0.4) is 0 Å². The van der Waals surface area contributed by atoms with Gasteiger partial charge in [-0.05, 0) is 40.0 Å². The maximum absolute atomic E-state index is 11.4. The lowest BCUT2D eigenvalue weighted by Gasteiger charge is -2.17. The van der Waals surface area contributed by atoms with E-state index in [2.05, 4.69) is 11.9 Å². The van der Waals surface area contributed by atoms with Crippen molar-refractivity contribution < 1.29 is 9.53 Å². The first kappa shape index (κ1) is 14.1. The van der Waals surface area contributed by atoms with Gasteiger partial charge in [-0.3, -0.25) is 0 Å². The zero-order valence-electron chi connectivity index (χ0n) is 10.6. The Hall–Kier alpha value is -0.860. The van der Waals surface area contributed by atoms with E-state index in [1.54, 1.807) is 0 Å². The molecule has 0 aliphatic heterocycles. The van der Waals surface area contributed by atoms with Crippen molar-refractivity contribution in [2.75, 3.05) is 0 Å². The SMILES string of the molecule is CCCC/C(CC)=N\C(=O)OC(C)(C)C. The van der Waals surface area contributed by atoms with Gasteiger partial charge in [-0.1, -0.05) is 20.3 Å². The Morgan fingerprint density at radius 2 is 1.87 bits per heavy atom. The van der Waals surface area contributed by atoms with E-state index in [0.717, 1.165) is 31.4 Å². The van der Waals surface area contributed by atoms with Crippen LogP contribution in [0.5, 0.6) is 0 Å². The Morgan fingerprint density at radius 3 is 2.27 bits per heavy atom. The first-order valence-corrected chi connectivity index (χ1v) is 5.68. The number of rotatable bonds is 4. The molecule has 0 radical (unpaired) electrons. The molecule has 0 saturated carbocycles. The molecule has 0 rings (SSSR count). The van der Waals surface area contributed by atoms with Crippen molar-refractivity contribution in [2.24, 2.45) is 4.99 Å². The Bertz CT molecular complexity index is 226. The molecule has 0 aromatic heterocycles. The van der Waals surface area contributed by atoms with Gasteiger partial charge in [0.15, 0.2) is 0 Å². The number of carbonyl (C=O) groups excluding carboxylic acids is 1. The molecule has 0 bridgehead atoms. The van der Waals surface area contributed by atoms with Crippen molar-refractivity contribution >= 4 is 11.8 Å². The van der Waals surface area contributed by atoms with Crippen LogP contribution in [0.2, 0.25) is 0 Å². The number of carbonyl (C=O) groups is 1. The maximum atomic E-state index is 11.4. The average molecular weight is 213 g/mol. The molecular formula is C12H23NO2. The fourth-order valence-electron chi connectivity index (χ4n) is 1.11. The molecule has 15 heavy (non-hydrogen) atoms. The maximum Gasteiger partial charge on any atom is 0.434 e. The number of ether oxygens (including phenoxy) is 1. The first-order valence-electron chi connectivity index (χ1n) is 5.68. The lowest BCUT2D eigenvalue weighted by atomic mass is 10.1. The van der Waals surface area contributed by atoms with Gasteiger partial charge in [0, 0.05) is 5.71 Å². The summed E-state index contributed by atoms with van der Waals surface area (Å²) in [6.07, 6.45) is 3.45. The van der Waals surface area contributed by atoms with E-state index in [-0.39, 0.29) is 0 Å². The van der Waals surface area contributed by atoms with Crippen molar-refractivity contribution in [3.8, 4) is 0 Å². The van der Waals surface area contributed by atoms with E-state index in [1.807, 2.05) is 27.7 Å². The summed E-state index contributed by atoms with van der Waals surface area (Å²) >= 11 is 0. The minimum absolute atomic E-state index is 0.454. The molecule has 0 aromatic rings. The Morgan fingerprint density at radius 1 is 1.27 bits per heavy atom. The molecule has 3 heteroatoms. The van der Waals surface area contributed by atoms with Gasteiger partial charge in [0.1, 0.15) is 5.60 Å². The van der Waals surface area contributed by atoms with Gasteiger partial charge in [-0.2, -0.15) is 4.99 Å². The molecule has 88 valence electrons. The van der Waals surface area contributed by atoms with Crippen molar-refractivity contribution in [3.05, 3.63) is 0 Å². The zero-order chi connectivity index (χ0) is 11.9. The van der Waals surface area contributed by atoms with Gasteiger partial charge in [0.2, 0.25) is 0 Å². The monoisotopic (exact) mass is 213 g/mol. The van der Waals surface area contributed by atoms with Crippen LogP contribution >= 0.6 is 0 Å². The molecule has 0 heterocycles. The summed E-state index contributed by atoms with van der Waals surface area (Å²) < 4.78 is 5.12. The van der Waals surface area contributed by atoms with Crippen molar-refractivity contribution in [1.29, 1.82) is 0 Å². The fraction of sp³-hybridized carbons (Fsp3) is 0.833. The smallest absolute Gasteiger partial charge is 0.434 e. The summed E-state index contributed by atoms with van der Waals surface area (Å²) in [4.78, 5) is 15.4. The summed E-state index contributed by atoms with van der Waals surface area (Å²) in [5, 5.41) is 0. The minimum atomic E-state index is -0.463. The lowest BCUT2D eigenvalue weighted by Crippen LogP contribution is -2.22. The van der Waals surface area contributed by atoms with E-state index < -0.39 is 11.7 Å². The number of amides is 1. The van der Waals surface area contributed by atoms with Crippen molar-refractivity contribution in [2.45, 2.75) is 65.9 Å². The number of aliphatic imine (C=N–C) groups is 1. The molecule has 3 nitrogen and oxygen atoms in total. The van der Waals surface area contributed by atoms with Crippen LogP contribution in [-0.4, -0.2) is 17.4 Å². The van der Waals surface area contributed by atoms with Crippen LogP contribution in [0.1, 0.15) is 60.3 Å². The average Bonchev–Trinajstić information content (AvgIpc) is 2.09. The van der Waals surface area contributed by atoms with E-state index in [0.29, 0.717) is 0 Å². The van der Waals surface area contributed by atoms with Crippen LogP contribution in [0.15, 0.2) is 4.99 Å². The highest BCUT2D eigenvalue weighted by molar-refractivity contribution is 5.93. The first-order chi connectivity index (χ1) is 6.89. The third-order valence-corrected chi connectivity index (χ3v) is 1.87. The van der Waals surface area contributed by atoms with E-state index in [9.17, 15) is 4.79 Å². The summed E-state index contributed by atoms with van der Waals surface area (Å²) in [5.74, 6) is 0. The number of hydrogen-bond acceptors (Lipinski definition) is 2. The molecule has 1 amide bonds. The molecule has 0 saturated heterocycles. The fourth-order valence-corrected chi connectivity index (χ4v) is 1.11. The predicted molar refractivity (Wildman–Crippen MR) is 63.5 cm³/mol. The van der Waals surface area contributed by atoms with Crippen LogP contribution in [0.4, 0.5) is 4.79 Å². The molecule has 0 N–H and O–H groups in total. The second-order valence-corrected chi connectivity index (χ2v) is 4.62. The molecule has 0 aliphatic rings. The van der Waals surface area contributed by atoms with E-state index in [1.165, 1.54) is 0 Å². The van der Waals surface area contributed by atoms with Crippen molar-refractivity contribution in [1.82, 2.24) is 0 Å². The highest BCUT2D eigenvalue weighted by Gasteiger charge is 2.15. The molecule has 0 atom stereocenters. The Balaban J connectivity index is 4.23. The second kappa shape index (κ2) is 6.59. The number of unbranched alkanes of at least 4 members (excludes halogenated alkanes) is 1. The second-order valence-electron chi connectivity index (χ2n) is 4.62. The molecule has 0 unspecified atom stereocenters. The zero-order valence-corrected chi connectivity index (χ0v) is 10.6. The summed E-state index contributed by atoms with van der Waals surface area (Å²) in [7, 11) is 0. The van der Waals surface area contributed by atoms with Crippen LogP contribution in [0.25, 0.3) is 0 Å². The summed E-state index contributed by atoms with van der Waals surface area (Å²) in [5.41, 5.74) is 0.482. The standard InChI is InChI=1S/C12H23NO2/c1-6-8-9-10(7-2)13-11(14)15-12(3,4)5/h6-9H2,1-5H3/b13-10-. The predicted octanol–water partition coefficient (Wildman–Crippen LogP) is 3.96. The summed E-state index contributed by atoms with van der Waals surface area (Å²) in [6, 6.07) is 0. The van der Waals surface area contributed by atoms with Crippen molar-refractivity contribution in [3.63, 3.8) is 0 Å². The van der Waals surface area contributed by atoms with E-state index in [4.69, 9.17) is 4.74 Å². The molecular weight excluding hydrogens is 190 g/mol. The van der Waals surface area contributed by atoms with Crippen LogP contribution in [0, 0.1) is 0 Å². The van der Waals surface area contributed by atoms with Gasteiger partial charge in [0.25, 0.3) is 0 Å². The van der Waals surface area contributed by atoms with Gasteiger partial charge in [-0.15, -0.1) is 0 Å². The lowest BCUT2D eigenvalue weighted by molar-refractivity contribution is 0.0603.